The third-order valence-electron chi connectivity index (χ3n) is 5.88. The minimum absolute atomic E-state index is 0.0495. The molecule has 2 N–H and O–H groups in total. The maximum absolute atomic E-state index is 13.2. The topological polar surface area (TPSA) is 80.9 Å². The number of aromatic nitrogens is 5. The lowest BCUT2D eigenvalue weighted by atomic mass is 10.0. The lowest BCUT2D eigenvalue weighted by Gasteiger charge is -2.29. The van der Waals surface area contributed by atoms with E-state index in [1.807, 2.05) is 22.9 Å². The summed E-state index contributed by atoms with van der Waals surface area (Å²) >= 11 is 0. The van der Waals surface area contributed by atoms with Crippen molar-refractivity contribution in [3.63, 3.8) is 0 Å². The van der Waals surface area contributed by atoms with Crippen molar-refractivity contribution >= 4 is 10.9 Å². The van der Waals surface area contributed by atoms with E-state index in [-0.39, 0.29) is 17.1 Å². The molecular weight excluding hydrogens is 364 g/mol. The van der Waals surface area contributed by atoms with Crippen LogP contribution in [0.2, 0.25) is 0 Å². The van der Waals surface area contributed by atoms with Gasteiger partial charge in [-0.1, -0.05) is 11.6 Å². The van der Waals surface area contributed by atoms with E-state index in [0.29, 0.717) is 0 Å². The normalized spacial score (nSPS) is 17.4. The highest BCUT2D eigenvalue weighted by Crippen LogP contribution is 2.23. The molecule has 1 fully saturated rings. The van der Waals surface area contributed by atoms with Crippen LogP contribution >= 0.6 is 0 Å². The Hall–Kier alpha value is -2.54. The van der Waals surface area contributed by atoms with Crippen molar-refractivity contribution < 1.29 is 4.90 Å². The monoisotopic (exact) mass is 395 g/mol. The summed E-state index contributed by atoms with van der Waals surface area (Å²) in [5, 5.41) is 13.8. The fourth-order valence-corrected chi connectivity index (χ4v) is 4.42. The van der Waals surface area contributed by atoms with Crippen LogP contribution in [0.25, 0.3) is 10.9 Å². The van der Waals surface area contributed by atoms with Crippen LogP contribution in [0.4, 0.5) is 0 Å². The van der Waals surface area contributed by atoms with Crippen LogP contribution in [-0.2, 0) is 5.54 Å². The number of hydrogen-bond acceptors (Lipinski definition) is 4. The first-order valence-electron chi connectivity index (χ1n) is 10.6. The Morgan fingerprint density at radius 3 is 2.52 bits per heavy atom. The molecule has 3 aromatic rings. The Morgan fingerprint density at radius 2 is 1.83 bits per heavy atom. The molecule has 7 nitrogen and oxygen atoms in total. The predicted octanol–water partition coefficient (Wildman–Crippen LogP) is 2.13. The van der Waals surface area contributed by atoms with Crippen molar-refractivity contribution in [1.82, 2.24) is 25.2 Å². The summed E-state index contributed by atoms with van der Waals surface area (Å²) in [4.78, 5) is 17.7. The zero-order chi connectivity index (χ0) is 20.6. The van der Waals surface area contributed by atoms with Gasteiger partial charge in [0, 0.05) is 5.52 Å². The Morgan fingerprint density at radius 1 is 1.10 bits per heavy atom. The highest BCUT2D eigenvalue weighted by molar-refractivity contribution is 5.79. The maximum Gasteiger partial charge on any atom is 0.258 e. The molecule has 0 bridgehead atoms. The molecule has 0 unspecified atom stereocenters. The summed E-state index contributed by atoms with van der Waals surface area (Å²) in [6.07, 6.45) is 4.81. The zero-order valence-corrected chi connectivity index (χ0v) is 17.8. The van der Waals surface area contributed by atoms with Crippen LogP contribution in [0.15, 0.2) is 29.1 Å². The van der Waals surface area contributed by atoms with Crippen LogP contribution in [0.3, 0.4) is 0 Å². The molecule has 7 heteroatoms. The summed E-state index contributed by atoms with van der Waals surface area (Å²) in [6.45, 7) is 10.4. The Kier molecular flexibility index (Phi) is 5.25. The first-order valence-corrected chi connectivity index (χ1v) is 10.6. The number of quaternary nitrogens is 1. The Balaban J connectivity index is 1.91. The smallest absolute Gasteiger partial charge is 0.258 e. The largest absolute Gasteiger partial charge is 0.322 e. The summed E-state index contributed by atoms with van der Waals surface area (Å²) in [7, 11) is 0. The summed E-state index contributed by atoms with van der Waals surface area (Å²) in [5.74, 6) is 0.770. The third kappa shape index (κ3) is 3.96. The first-order chi connectivity index (χ1) is 13.8. The molecular formula is C22H31N6O+. The number of benzene rings is 1. The average Bonchev–Trinajstić information content (AvgIpc) is 3.00. The van der Waals surface area contributed by atoms with Crippen molar-refractivity contribution in [3.8, 4) is 0 Å². The van der Waals surface area contributed by atoms with Crippen molar-refractivity contribution in [2.75, 3.05) is 13.1 Å². The van der Waals surface area contributed by atoms with Gasteiger partial charge >= 0.3 is 0 Å². The number of pyridine rings is 1. The van der Waals surface area contributed by atoms with Crippen LogP contribution in [0.5, 0.6) is 0 Å². The van der Waals surface area contributed by atoms with Gasteiger partial charge in [0.05, 0.1) is 24.2 Å². The second-order valence-corrected chi connectivity index (χ2v) is 9.27. The fourth-order valence-electron chi connectivity index (χ4n) is 4.42. The van der Waals surface area contributed by atoms with Crippen molar-refractivity contribution in [2.45, 2.75) is 65.0 Å². The van der Waals surface area contributed by atoms with E-state index in [1.54, 1.807) is 0 Å². The molecule has 0 saturated carbocycles. The number of tetrazole rings is 1. The van der Waals surface area contributed by atoms with Crippen molar-refractivity contribution in [2.24, 2.45) is 0 Å². The lowest BCUT2D eigenvalue weighted by Crippen LogP contribution is -3.12. The number of nitrogens with one attached hydrogen (secondary N) is 2. The number of nitrogens with zero attached hydrogens (tertiary/aromatic N) is 4. The van der Waals surface area contributed by atoms with E-state index >= 15 is 0 Å². The van der Waals surface area contributed by atoms with Gasteiger partial charge < -0.3 is 9.88 Å². The third-order valence-corrected chi connectivity index (χ3v) is 5.88. The summed E-state index contributed by atoms with van der Waals surface area (Å²) in [6, 6.07) is 7.98. The number of aromatic amines is 1. The molecule has 2 aromatic heterocycles. The van der Waals surface area contributed by atoms with E-state index in [0.717, 1.165) is 48.2 Å². The second-order valence-electron chi connectivity index (χ2n) is 9.27. The van der Waals surface area contributed by atoms with Gasteiger partial charge in [-0.15, -0.1) is 5.10 Å². The molecule has 0 amide bonds. The van der Waals surface area contributed by atoms with E-state index in [1.165, 1.54) is 23.3 Å². The molecule has 0 spiro atoms. The Bertz CT molecular complexity index is 1050. The van der Waals surface area contributed by atoms with Crippen LogP contribution < -0.4 is 10.5 Å². The second kappa shape index (κ2) is 7.71. The van der Waals surface area contributed by atoms with Crippen molar-refractivity contribution in [1.29, 1.82) is 0 Å². The molecule has 154 valence electrons. The molecule has 3 heterocycles. The van der Waals surface area contributed by atoms with E-state index in [4.69, 9.17) is 0 Å². The molecule has 1 aromatic carbocycles. The van der Waals surface area contributed by atoms with Gasteiger partial charge in [0.25, 0.3) is 5.56 Å². The highest BCUT2D eigenvalue weighted by atomic mass is 16.1. The summed E-state index contributed by atoms with van der Waals surface area (Å²) < 4.78 is 1.88. The maximum atomic E-state index is 13.2. The standard InChI is InChI=1S/C22H30N6O/c1-15-9-10-18-16(13-15)14-17(21(29)23-18)19(27-11-7-5-6-8-12-27)20-24-25-26-28(20)22(2,3)4/h9-10,13-14,19H,5-8,11-12H2,1-4H3,(H,23,29)/p+1/t19-/m0/s1. The van der Waals surface area contributed by atoms with Gasteiger partial charge in [0.1, 0.15) is 0 Å². The SMILES string of the molecule is Cc1ccc2[nH]c(=O)c([C@@H](c3nnnn3C(C)(C)C)[NH+]3CCCCCC3)cc2c1. The van der Waals surface area contributed by atoms with E-state index in [2.05, 4.69) is 54.3 Å². The van der Waals surface area contributed by atoms with Gasteiger partial charge in [-0.05, 0) is 87.4 Å². The van der Waals surface area contributed by atoms with Crippen molar-refractivity contribution in [3.05, 3.63) is 51.6 Å². The van der Waals surface area contributed by atoms with Gasteiger partial charge in [-0.3, -0.25) is 4.79 Å². The highest BCUT2D eigenvalue weighted by Gasteiger charge is 2.36. The van der Waals surface area contributed by atoms with E-state index < -0.39 is 0 Å². The quantitative estimate of drug-likeness (QED) is 0.712. The van der Waals surface area contributed by atoms with Crippen LogP contribution in [0, 0.1) is 6.92 Å². The number of hydrogen-bond donors (Lipinski definition) is 2. The number of likely N-dealkylation sites (tertiary alicyclic amines) is 1. The number of H-pyrrole nitrogens is 1. The Labute approximate surface area is 171 Å². The first kappa shape index (κ1) is 19.8. The van der Waals surface area contributed by atoms with Crippen LogP contribution in [0.1, 0.15) is 69.4 Å². The lowest BCUT2D eigenvalue weighted by molar-refractivity contribution is -0.925. The van der Waals surface area contributed by atoms with Gasteiger partial charge in [-0.25, -0.2) is 4.68 Å². The van der Waals surface area contributed by atoms with Crippen LogP contribution in [-0.4, -0.2) is 38.3 Å². The molecule has 29 heavy (non-hydrogen) atoms. The van der Waals surface area contributed by atoms with E-state index in [9.17, 15) is 4.79 Å². The zero-order valence-electron chi connectivity index (χ0n) is 17.8. The molecule has 0 aliphatic carbocycles. The number of fused-ring (bicyclic) bond motifs is 1. The fraction of sp³-hybridized carbons (Fsp3) is 0.545. The molecule has 1 aliphatic rings. The molecule has 1 atom stereocenters. The van der Waals surface area contributed by atoms with Gasteiger partial charge in [0.2, 0.25) is 5.82 Å². The predicted molar refractivity (Wildman–Crippen MR) is 113 cm³/mol. The molecule has 1 saturated heterocycles. The molecule has 0 radical (unpaired) electrons. The average molecular weight is 396 g/mol. The number of aryl methyl sites for hydroxylation is 1. The van der Waals surface area contributed by atoms with Gasteiger partial charge in [0.15, 0.2) is 6.04 Å². The van der Waals surface area contributed by atoms with Gasteiger partial charge in [-0.2, -0.15) is 0 Å². The minimum atomic E-state index is -0.261. The molecule has 1 aliphatic heterocycles. The summed E-state index contributed by atoms with van der Waals surface area (Å²) in [5.41, 5.74) is 2.48. The minimum Gasteiger partial charge on any atom is -0.322 e. The number of rotatable bonds is 3. The molecule has 4 rings (SSSR count).